The molecule has 1 atom stereocenters. The van der Waals surface area contributed by atoms with Gasteiger partial charge in [0.25, 0.3) is 0 Å². The van der Waals surface area contributed by atoms with Crippen LogP contribution in [0.2, 0.25) is 0 Å². The van der Waals surface area contributed by atoms with E-state index in [1.54, 1.807) is 40.1 Å². The van der Waals surface area contributed by atoms with E-state index >= 15 is 0 Å². The van der Waals surface area contributed by atoms with Crippen molar-refractivity contribution in [2.24, 2.45) is 17.8 Å². The van der Waals surface area contributed by atoms with E-state index in [0.29, 0.717) is 10.9 Å². The van der Waals surface area contributed by atoms with Crippen molar-refractivity contribution in [1.82, 2.24) is 10.2 Å². The van der Waals surface area contributed by atoms with Gasteiger partial charge in [-0.3, -0.25) is 9.69 Å². The number of carbonyl (C=O) groups excluding carboxylic acids is 1. The van der Waals surface area contributed by atoms with Crippen LogP contribution in [-0.4, -0.2) is 21.9 Å². The maximum Gasteiger partial charge on any atom is 0.240 e. The molecule has 4 saturated carbocycles. The van der Waals surface area contributed by atoms with E-state index in [4.69, 9.17) is 0 Å². The molecule has 1 unspecified atom stereocenters. The third-order valence-electron chi connectivity index (χ3n) is 7.14. The van der Waals surface area contributed by atoms with Crippen molar-refractivity contribution in [2.45, 2.75) is 49.3 Å². The SMILES string of the molecule is O=C1CSC(c2ccc(F)cc2)N1c1nnc(C23CC4CC(CC(C4)C2)C3)s1. The standard InChI is InChI=1S/C21H22FN3OS2/c22-16-3-1-15(2-4-16)18-25(17(26)11-27-18)20-24-23-19(28-20)21-8-12-5-13(9-21)7-14(6-12)10-21/h1-4,12-14,18H,5-11H2. The summed E-state index contributed by atoms with van der Waals surface area (Å²) in [6.07, 6.45) is 7.95. The monoisotopic (exact) mass is 415 g/mol. The third kappa shape index (κ3) is 2.65. The Balaban J connectivity index is 1.33. The lowest BCUT2D eigenvalue weighted by Gasteiger charge is -2.55. The van der Waals surface area contributed by atoms with Crippen molar-refractivity contribution in [3.63, 3.8) is 0 Å². The van der Waals surface area contributed by atoms with Crippen LogP contribution in [0.5, 0.6) is 0 Å². The summed E-state index contributed by atoms with van der Waals surface area (Å²) in [7, 11) is 0. The largest absolute Gasteiger partial charge is 0.273 e. The number of benzene rings is 1. The van der Waals surface area contributed by atoms with Crippen LogP contribution in [0.3, 0.4) is 0 Å². The summed E-state index contributed by atoms with van der Waals surface area (Å²) in [5.41, 5.74) is 1.13. The number of aromatic nitrogens is 2. The molecule has 1 saturated heterocycles. The second kappa shape index (κ2) is 6.26. The van der Waals surface area contributed by atoms with Gasteiger partial charge in [-0.25, -0.2) is 4.39 Å². The molecule has 1 aromatic carbocycles. The molecule has 1 aromatic heterocycles. The highest BCUT2D eigenvalue weighted by Gasteiger charge is 2.53. The molecular weight excluding hydrogens is 393 g/mol. The van der Waals surface area contributed by atoms with Crippen molar-refractivity contribution in [3.05, 3.63) is 40.7 Å². The van der Waals surface area contributed by atoms with Gasteiger partial charge in [-0.05, 0) is 74.0 Å². The summed E-state index contributed by atoms with van der Waals surface area (Å²) < 4.78 is 13.3. The zero-order chi connectivity index (χ0) is 18.9. The fraction of sp³-hybridized carbons (Fsp3) is 0.571. The second-order valence-corrected chi connectivity index (χ2v) is 11.1. The van der Waals surface area contributed by atoms with Crippen LogP contribution in [0.15, 0.2) is 24.3 Å². The lowest BCUT2D eigenvalue weighted by Crippen LogP contribution is -2.48. The first-order valence-corrected chi connectivity index (χ1v) is 12.0. The smallest absolute Gasteiger partial charge is 0.240 e. The van der Waals surface area contributed by atoms with Gasteiger partial charge < -0.3 is 0 Å². The van der Waals surface area contributed by atoms with Gasteiger partial charge in [-0.2, -0.15) is 0 Å². The maximum absolute atomic E-state index is 13.3. The minimum Gasteiger partial charge on any atom is -0.273 e. The molecule has 7 rings (SSSR count). The van der Waals surface area contributed by atoms with Crippen LogP contribution in [-0.2, 0) is 10.2 Å². The Labute approximate surface area is 171 Å². The molecule has 4 bridgehead atoms. The highest BCUT2D eigenvalue weighted by atomic mass is 32.2. The van der Waals surface area contributed by atoms with E-state index in [1.165, 1.54) is 50.7 Å². The van der Waals surface area contributed by atoms with Crippen LogP contribution < -0.4 is 4.90 Å². The van der Waals surface area contributed by atoms with Gasteiger partial charge in [-0.15, -0.1) is 22.0 Å². The molecule has 0 N–H and O–H groups in total. The number of hydrogen-bond acceptors (Lipinski definition) is 5. The van der Waals surface area contributed by atoms with Crippen molar-refractivity contribution in [1.29, 1.82) is 0 Å². The molecule has 4 aliphatic carbocycles. The quantitative estimate of drug-likeness (QED) is 0.714. The topological polar surface area (TPSA) is 46.1 Å². The van der Waals surface area contributed by atoms with E-state index in [-0.39, 0.29) is 22.5 Å². The Kier molecular flexibility index (Phi) is 3.89. The Morgan fingerprint density at radius 2 is 1.64 bits per heavy atom. The van der Waals surface area contributed by atoms with Crippen LogP contribution >= 0.6 is 23.1 Å². The number of nitrogens with zero attached hydrogens (tertiary/aromatic N) is 3. The van der Waals surface area contributed by atoms with Gasteiger partial charge in [0, 0.05) is 5.41 Å². The summed E-state index contributed by atoms with van der Waals surface area (Å²) >= 11 is 3.19. The molecule has 7 heteroatoms. The summed E-state index contributed by atoms with van der Waals surface area (Å²) in [5, 5.41) is 10.8. The molecule has 2 heterocycles. The van der Waals surface area contributed by atoms with E-state index in [0.717, 1.165) is 28.3 Å². The molecule has 146 valence electrons. The summed E-state index contributed by atoms with van der Waals surface area (Å²) in [4.78, 5) is 14.4. The molecule has 1 amide bonds. The van der Waals surface area contributed by atoms with Crippen LogP contribution in [0.1, 0.15) is 54.5 Å². The van der Waals surface area contributed by atoms with Crippen molar-refractivity contribution >= 4 is 34.1 Å². The van der Waals surface area contributed by atoms with E-state index in [9.17, 15) is 9.18 Å². The highest BCUT2D eigenvalue weighted by Crippen LogP contribution is 2.61. The highest BCUT2D eigenvalue weighted by molar-refractivity contribution is 8.00. The zero-order valence-electron chi connectivity index (χ0n) is 15.5. The minimum atomic E-state index is -0.260. The normalized spacial score (nSPS) is 36.5. The third-order valence-corrected chi connectivity index (χ3v) is 9.52. The molecule has 0 spiro atoms. The lowest BCUT2D eigenvalue weighted by molar-refractivity contribution is -0.115. The predicted molar refractivity (Wildman–Crippen MR) is 109 cm³/mol. The van der Waals surface area contributed by atoms with Crippen molar-refractivity contribution in [3.8, 4) is 0 Å². The average molecular weight is 416 g/mol. The maximum atomic E-state index is 13.3. The summed E-state index contributed by atoms with van der Waals surface area (Å²) in [6, 6.07) is 6.44. The number of amides is 1. The molecule has 28 heavy (non-hydrogen) atoms. The molecule has 2 aromatic rings. The van der Waals surface area contributed by atoms with Crippen LogP contribution in [0.25, 0.3) is 0 Å². The first-order chi connectivity index (χ1) is 13.6. The van der Waals surface area contributed by atoms with Gasteiger partial charge in [0.15, 0.2) is 0 Å². The number of hydrogen-bond donors (Lipinski definition) is 0. The number of thioether (sulfide) groups is 1. The molecule has 0 radical (unpaired) electrons. The van der Waals surface area contributed by atoms with Crippen molar-refractivity contribution < 1.29 is 9.18 Å². The molecular formula is C21H22FN3OS2. The molecule has 1 aliphatic heterocycles. The average Bonchev–Trinajstić information content (AvgIpc) is 3.28. The number of carbonyl (C=O) groups is 1. The molecule has 5 fully saturated rings. The zero-order valence-corrected chi connectivity index (χ0v) is 17.1. The Hall–Kier alpha value is -1.47. The van der Waals surface area contributed by atoms with Gasteiger partial charge in [0.05, 0.1) is 5.75 Å². The summed E-state index contributed by atoms with van der Waals surface area (Å²) in [5.74, 6) is 2.80. The first-order valence-electron chi connectivity index (χ1n) is 10.1. The fourth-order valence-corrected chi connectivity index (χ4v) is 8.74. The van der Waals surface area contributed by atoms with Crippen molar-refractivity contribution in [2.75, 3.05) is 10.7 Å². The Morgan fingerprint density at radius 1 is 1.00 bits per heavy atom. The van der Waals surface area contributed by atoms with E-state index in [1.807, 2.05) is 0 Å². The molecule has 4 nitrogen and oxygen atoms in total. The van der Waals surface area contributed by atoms with E-state index in [2.05, 4.69) is 10.2 Å². The Morgan fingerprint density at radius 3 is 2.29 bits per heavy atom. The van der Waals surface area contributed by atoms with Gasteiger partial charge in [-0.1, -0.05) is 23.5 Å². The number of halogens is 1. The van der Waals surface area contributed by atoms with Gasteiger partial charge in [0.1, 0.15) is 16.2 Å². The minimum absolute atomic E-state index is 0.0625. The molecule has 5 aliphatic rings. The lowest BCUT2D eigenvalue weighted by atomic mass is 9.50. The predicted octanol–water partition coefficient (Wildman–Crippen LogP) is 4.92. The Bertz CT molecular complexity index is 893. The van der Waals surface area contributed by atoms with Crippen LogP contribution in [0, 0.1) is 23.6 Å². The summed E-state index contributed by atoms with van der Waals surface area (Å²) in [6.45, 7) is 0. The van der Waals surface area contributed by atoms with Gasteiger partial charge >= 0.3 is 0 Å². The number of anilines is 1. The van der Waals surface area contributed by atoms with Crippen LogP contribution in [0.4, 0.5) is 9.52 Å². The first kappa shape index (κ1) is 17.4. The second-order valence-electron chi connectivity index (χ2n) is 9.07. The van der Waals surface area contributed by atoms with Gasteiger partial charge in [0.2, 0.25) is 11.0 Å². The number of rotatable bonds is 3. The van der Waals surface area contributed by atoms with E-state index < -0.39 is 0 Å². The fourth-order valence-electron chi connectivity index (χ4n) is 6.40.